The predicted octanol–water partition coefficient (Wildman–Crippen LogP) is 5.34. The molecule has 0 bridgehead atoms. The van der Waals surface area contributed by atoms with Gasteiger partial charge in [-0.2, -0.15) is 18.3 Å². The summed E-state index contributed by atoms with van der Waals surface area (Å²) in [6.07, 6.45) is -3.37. The average Bonchev–Trinajstić information content (AvgIpc) is 3.37. The van der Waals surface area contributed by atoms with Crippen LogP contribution in [0.2, 0.25) is 0 Å². The SMILES string of the molecule is CCc1cccc(F)c1-c1noc(C2C=NN(c3cccc(F)c3)C2C(F)(F)F)c1C(N)=S. The van der Waals surface area contributed by atoms with E-state index < -0.39 is 29.8 Å². The molecule has 1 aliphatic heterocycles. The van der Waals surface area contributed by atoms with Gasteiger partial charge in [-0.25, -0.2) is 8.78 Å². The van der Waals surface area contributed by atoms with Crippen LogP contribution in [0.15, 0.2) is 52.1 Å². The summed E-state index contributed by atoms with van der Waals surface area (Å²) in [4.78, 5) is -0.301. The number of hydrazone groups is 1. The normalized spacial score (nSPS) is 18.2. The maximum atomic E-state index is 14.7. The van der Waals surface area contributed by atoms with E-state index in [9.17, 15) is 22.0 Å². The molecule has 2 unspecified atom stereocenters. The highest BCUT2D eigenvalue weighted by Crippen LogP contribution is 2.43. The average molecular weight is 480 g/mol. The molecule has 0 amide bonds. The molecule has 0 saturated carbocycles. The van der Waals surface area contributed by atoms with Gasteiger partial charge in [0.15, 0.2) is 11.8 Å². The van der Waals surface area contributed by atoms with E-state index in [4.69, 9.17) is 22.5 Å². The van der Waals surface area contributed by atoms with Gasteiger partial charge in [0.25, 0.3) is 0 Å². The number of anilines is 1. The van der Waals surface area contributed by atoms with E-state index in [2.05, 4.69) is 10.3 Å². The molecule has 0 spiro atoms. The molecule has 2 atom stereocenters. The molecule has 33 heavy (non-hydrogen) atoms. The Morgan fingerprint density at radius 1 is 1.18 bits per heavy atom. The van der Waals surface area contributed by atoms with Crippen LogP contribution >= 0.6 is 12.2 Å². The Labute approximate surface area is 190 Å². The molecule has 4 rings (SSSR count). The quantitative estimate of drug-likeness (QED) is 0.395. The summed E-state index contributed by atoms with van der Waals surface area (Å²) >= 11 is 5.09. The topological polar surface area (TPSA) is 67.7 Å². The lowest BCUT2D eigenvalue weighted by atomic mass is 9.91. The van der Waals surface area contributed by atoms with Gasteiger partial charge in [0.2, 0.25) is 0 Å². The Balaban J connectivity index is 1.86. The first kappa shape index (κ1) is 22.8. The third kappa shape index (κ3) is 4.08. The van der Waals surface area contributed by atoms with Gasteiger partial charge in [0.1, 0.15) is 22.3 Å². The highest BCUT2D eigenvalue weighted by Gasteiger charge is 2.54. The van der Waals surface area contributed by atoms with E-state index >= 15 is 0 Å². The lowest BCUT2D eigenvalue weighted by Gasteiger charge is -2.28. The zero-order chi connectivity index (χ0) is 23.9. The molecular weight excluding hydrogens is 463 g/mol. The van der Waals surface area contributed by atoms with Crippen molar-refractivity contribution in [2.75, 3.05) is 5.01 Å². The fraction of sp³-hybridized carbons (Fsp3) is 0.227. The summed E-state index contributed by atoms with van der Waals surface area (Å²) < 4.78 is 76.2. The van der Waals surface area contributed by atoms with Gasteiger partial charge in [0, 0.05) is 11.8 Å². The Bertz CT molecular complexity index is 1240. The highest BCUT2D eigenvalue weighted by molar-refractivity contribution is 7.80. The van der Waals surface area contributed by atoms with Crippen LogP contribution < -0.4 is 10.7 Å². The van der Waals surface area contributed by atoms with Crippen molar-refractivity contribution in [3.63, 3.8) is 0 Å². The van der Waals surface area contributed by atoms with Crippen LogP contribution in [0.3, 0.4) is 0 Å². The molecule has 0 aliphatic carbocycles. The monoisotopic (exact) mass is 480 g/mol. The van der Waals surface area contributed by atoms with Crippen molar-refractivity contribution in [1.29, 1.82) is 0 Å². The fourth-order valence-corrected chi connectivity index (χ4v) is 4.11. The number of aromatic nitrogens is 1. The Morgan fingerprint density at radius 3 is 2.55 bits per heavy atom. The second kappa shape index (κ2) is 8.54. The zero-order valence-electron chi connectivity index (χ0n) is 17.1. The summed E-state index contributed by atoms with van der Waals surface area (Å²) in [5, 5.41) is 8.37. The Kier molecular flexibility index (Phi) is 5.91. The van der Waals surface area contributed by atoms with Gasteiger partial charge >= 0.3 is 6.18 Å². The molecule has 172 valence electrons. The van der Waals surface area contributed by atoms with Crippen molar-refractivity contribution < 1.29 is 26.5 Å². The molecule has 0 saturated heterocycles. The summed E-state index contributed by atoms with van der Waals surface area (Å²) in [7, 11) is 0. The van der Waals surface area contributed by atoms with E-state index in [0.717, 1.165) is 18.3 Å². The first-order valence-electron chi connectivity index (χ1n) is 9.86. The third-order valence-corrected chi connectivity index (χ3v) is 5.55. The minimum Gasteiger partial charge on any atom is -0.389 e. The van der Waals surface area contributed by atoms with Crippen molar-refractivity contribution in [1.82, 2.24) is 5.16 Å². The predicted molar refractivity (Wildman–Crippen MR) is 117 cm³/mol. The molecule has 11 heteroatoms. The van der Waals surface area contributed by atoms with E-state index in [1.807, 2.05) is 0 Å². The molecule has 0 fully saturated rings. The maximum absolute atomic E-state index is 14.7. The summed E-state index contributed by atoms with van der Waals surface area (Å²) in [5.74, 6) is -3.17. The summed E-state index contributed by atoms with van der Waals surface area (Å²) in [5.41, 5.74) is 6.18. The minimum absolute atomic E-state index is 0.0540. The zero-order valence-corrected chi connectivity index (χ0v) is 17.9. The van der Waals surface area contributed by atoms with Crippen molar-refractivity contribution in [2.45, 2.75) is 31.5 Å². The standard InChI is InChI=1S/C22H17F5N4OS/c1-2-11-5-3-8-15(24)16(11)18-17(21(28)33)19(32-30-18)14-10-29-31(20(14)22(25,26)27)13-7-4-6-12(23)9-13/h3-10,14,20H,2H2,1H3,(H2,28,33). The van der Waals surface area contributed by atoms with E-state index in [1.54, 1.807) is 13.0 Å². The third-order valence-electron chi connectivity index (χ3n) is 5.35. The summed E-state index contributed by atoms with van der Waals surface area (Å²) in [6, 6.07) is 6.75. The number of nitrogens with zero attached hydrogens (tertiary/aromatic N) is 3. The molecule has 2 N–H and O–H groups in total. The molecule has 0 radical (unpaired) electrons. The number of benzene rings is 2. The first-order chi connectivity index (χ1) is 15.6. The minimum atomic E-state index is -4.81. The number of thiocarbonyl (C=S) groups is 1. The largest absolute Gasteiger partial charge is 0.411 e. The lowest BCUT2D eigenvalue weighted by Crippen LogP contribution is -2.44. The number of hydrogen-bond donors (Lipinski definition) is 1. The van der Waals surface area contributed by atoms with Crippen LogP contribution in [0.5, 0.6) is 0 Å². The highest BCUT2D eigenvalue weighted by atomic mass is 32.1. The van der Waals surface area contributed by atoms with Crippen molar-refractivity contribution >= 4 is 29.1 Å². The molecule has 2 heterocycles. The van der Waals surface area contributed by atoms with Crippen molar-refractivity contribution in [2.24, 2.45) is 10.8 Å². The van der Waals surface area contributed by atoms with Crippen LogP contribution in [0.4, 0.5) is 27.6 Å². The van der Waals surface area contributed by atoms with E-state index in [1.165, 1.54) is 24.3 Å². The van der Waals surface area contributed by atoms with Gasteiger partial charge in [-0.05, 0) is 36.2 Å². The fourth-order valence-electron chi connectivity index (χ4n) is 3.92. The molecular formula is C22H17F5N4OS. The molecule has 1 aliphatic rings. The van der Waals surface area contributed by atoms with E-state index in [0.29, 0.717) is 17.0 Å². The summed E-state index contributed by atoms with van der Waals surface area (Å²) in [6.45, 7) is 1.79. The van der Waals surface area contributed by atoms with Gasteiger partial charge < -0.3 is 10.3 Å². The number of rotatable bonds is 5. The number of alkyl halides is 3. The van der Waals surface area contributed by atoms with Crippen LogP contribution in [0.1, 0.15) is 29.7 Å². The van der Waals surface area contributed by atoms with Crippen LogP contribution in [-0.2, 0) is 6.42 Å². The van der Waals surface area contributed by atoms with Crippen molar-refractivity contribution in [3.05, 3.63) is 71.0 Å². The van der Waals surface area contributed by atoms with E-state index in [-0.39, 0.29) is 33.3 Å². The number of halogens is 5. The van der Waals surface area contributed by atoms with Gasteiger partial charge in [0.05, 0.1) is 17.2 Å². The second-order valence-corrected chi connectivity index (χ2v) is 7.80. The smallest absolute Gasteiger partial charge is 0.389 e. The van der Waals surface area contributed by atoms with Gasteiger partial charge in [-0.15, -0.1) is 0 Å². The Morgan fingerprint density at radius 2 is 1.91 bits per heavy atom. The number of aryl methyl sites for hydroxylation is 1. The molecule has 1 aromatic heterocycles. The van der Waals surface area contributed by atoms with Crippen molar-refractivity contribution in [3.8, 4) is 11.3 Å². The molecule has 5 nitrogen and oxygen atoms in total. The van der Waals surface area contributed by atoms with Crippen LogP contribution in [0.25, 0.3) is 11.3 Å². The Hall–Kier alpha value is -3.34. The number of hydrogen-bond acceptors (Lipinski definition) is 5. The van der Waals surface area contributed by atoms with Crippen LogP contribution in [-0.4, -0.2) is 28.6 Å². The van der Waals surface area contributed by atoms with Crippen LogP contribution in [0, 0.1) is 11.6 Å². The molecule has 3 aromatic rings. The van der Waals surface area contributed by atoms with Gasteiger partial charge in [-0.3, -0.25) is 5.01 Å². The number of nitrogens with two attached hydrogens (primary N) is 1. The first-order valence-corrected chi connectivity index (χ1v) is 10.3. The maximum Gasteiger partial charge on any atom is 0.411 e. The van der Waals surface area contributed by atoms with Gasteiger partial charge in [-0.1, -0.05) is 42.5 Å². The second-order valence-electron chi connectivity index (χ2n) is 7.36. The lowest BCUT2D eigenvalue weighted by molar-refractivity contribution is -0.149. The molecule has 2 aromatic carbocycles.